The molecule has 0 aromatic heterocycles. The van der Waals surface area contributed by atoms with Gasteiger partial charge in [0.15, 0.2) is 0 Å². The van der Waals surface area contributed by atoms with Crippen LogP contribution in [0.5, 0.6) is 0 Å². The molecule has 1 aliphatic heterocycles. The highest BCUT2D eigenvalue weighted by Crippen LogP contribution is 2.27. The van der Waals surface area contributed by atoms with Crippen LogP contribution in [0.1, 0.15) is 47.0 Å². The summed E-state index contributed by atoms with van der Waals surface area (Å²) in [4.78, 5) is 2.50. The third-order valence-electron chi connectivity index (χ3n) is 4.50. The summed E-state index contributed by atoms with van der Waals surface area (Å²) in [7, 11) is 1.81. The van der Waals surface area contributed by atoms with E-state index in [2.05, 4.69) is 37.9 Å². The number of ether oxygens (including phenoxy) is 1. The van der Waals surface area contributed by atoms with Crippen molar-refractivity contribution in [3.8, 4) is 0 Å². The number of hydrogen-bond donors (Lipinski definition) is 2. The Bertz CT molecular complexity index is 275. The van der Waals surface area contributed by atoms with Crippen molar-refractivity contribution in [3.05, 3.63) is 0 Å². The van der Waals surface area contributed by atoms with Crippen LogP contribution in [-0.4, -0.2) is 60.5 Å². The zero-order valence-corrected chi connectivity index (χ0v) is 13.3. The van der Waals surface area contributed by atoms with Gasteiger partial charge in [-0.05, 0) is 53.1 Å². The lowest BCUT2D eigenvalue weighted by Crippen LogP contribution is -2.55. The maximum absolute atomic E-state index is 9.61. The quantitative estimate of drug-likeness (QED) is 0.739. The highest BCUT2D eigenvalue weighted by molar-refractivity contribution is 4.91. The molecule has 0 aromatic carbocycles. The molecule has 1 rings (SSSR count). The van der Waals surface area contributed by atoms with Crippen molar-refractivity contribution in [2.45, 2.75) is 64.1 Å². The molecule has 3 unspecified atom stereocenters. The van der Waals surface area contributed by atoms with Crippen LogP contribution >= 0.6 is 0 Å². The Balaban J connectivity index is 2.59. The second-order valence-corrected chi connectivity index (χ2v) is 6.53. The van der Waals surface area contributed by atoms with Crippen molar-refractivity contribution in [2.24, 2.45) is 0 Å². The number of hydrogen-bond acceptors (Lipinski definition) is 4. The zero-order chi connectivity index (χ0) is 14.5. The lowest BCUT2D eigenvalue weighted by Gasteiger charge is -2.44. The standard InChI is InChI=1S/C15H32N2O2/c1-6-16-14(3,12-18)10-13(2)17-9-7-8-15(4,11-17)19-5/h13,16,18H,6-12H2,1-5H3. The summed E-state index contributed by atoms with van der Waals surface area (Å²) in [6.07, 6.45) is 3.28. The van der Waals surface area contributed by atoms with E-state index in [-0.39, 0.29) is 17.7 Å². The van der Waals surface area contributed by atoms with E-state index in [1.165, 1.54) is 6.42 Å². The van der Waals surface area contributed by atoms with Crippen LogP contribution in [-0.2, 0) is 4.74 Å². The number of likely N-dealkylation sites (N-methyl/N-ethyl adjacent to an activating group) is 1. The second kappa shape index (κ2) is 7.02. The molecule has 4 nitrogen and oxygen atoms in total. The van der Waals surface area contributed by atoms with E-state index in [1.54, 1.807) is 0 Å². The largest absolute Gasteiger partial charge is 0.394 e. The van der Waals surface area contributed by atoms with E-state index in [1.807, 2.05) is 7.11 Å². The van der Waals surface area contributed by atoms with E-state index in [0.717, 1.165) is 32.5 Å². The summed E-state index contributed by atoms with van der Waals surface area (Å²) in [6.45, 7) is 11.8. The number of rotatable bonds is 7. The molecule has 1 aliphatic rings. The Kier molecular flexibility index (Phi) is 6.24. The molecule has 1 fully saturated rings. The Morgan fingerprint density at radius 3 is 2.74 bits per heavy atom. The van der Waals surface area contributed by atoms with E-state index < -0.39 is 0 Å². The van der Waals surface area contributed by atoms with Gasteiger partial charge in [0, 0.05) is 25.2 Å². The summed E-state index contributed by atoms with van der Waals surface area (Å²) in [5.74, 6) is 0. The van der Waals surface area contributed by atoms with Crippen LogP contribution in [0.4, 0.5) is 0 Å². The first-order valence-electron chi connectivity index (χ1n) is 7.53. The van der Waals surface area contributed by atoms with E-state index >= 15 is 0 Å². The summed E-state index contributed by atoms with van der Waals surface area (Å²) < 4.78 is 5.66. The van der Waals surface area contributed by atoms with Gasteiger partial charge in [-0.1, -0.05) is 6.92 Å². The molecule has 114 valence electrons. The number of nitrogens with zero attached hydrogens (tertiary/aromatic N) is 1. The van der Waals surface area contributed by atoms with Gasteiger partial charge >= 0.3 is 0 Å². The Labute approximate surface area is 118 Å². The first-order valence-corrected chi connectivity index (χ1v) is 7.53. The molecule has 1 saturated heterocycles. The zero-order valence-electron chi connectivity index (χ0n) is 13.3. The van der Waals surface area contributed by atoms with Gasteiger partial charge in [-0.3, -0.25) is 4.90 Å². The average molecular weight is 272 g/mol. The van der Waals surface area contributed by atoms with Crippen LogP contribution in [0.15, 0.2) is 0 Å². The van der Waals surface area contributed by atoms with Crippen molar-refractivity contribution in [3.63, 3.8) is 0 Å². The first kappa shape index (κ1) is 16.9. The highest BCUT2D eigenvalue weighted by atomic mass is 16.5. The maximum atomic E-state index is 9.61. The molecule has 0 aliphatic carbocycles. The van der Waals surface area contributed by atoms with Crippen molar-refractivity contribution in [1.29, 1.82) is 0 Å². The Morgan fingerprint density at radius 2 is 2.21 bits per heavy atom. The average Bonchev–Trinajstić information content (AvgIpc) is 2.39. The molecule has 0 bridgehead atoms. The van der Waals surface area contributed by atoms with Crippen LogP contribution in [0.25, 0.3) is 0 Å². The van der Waals surface area contributed by atoms with Crippen LogP contribution in [0.3, 0.4) is 0 Å². The molecule has 0 spiro atoms. The number of methoxy groups -OCH3 is 1. The van der Waals surface area contributed by atoms with E-state index in [9.17, 15) is 5.11 Å². The SMILES string of the molecule is CCNC(C)(CO)CC(C)N1CCCC(C)(OC)C1. The molecule has 3 atom stereocenters. The molecule has 19 heavy (non-hydrogen) atoms. The fraction of sp³-hybridized carbons (Fsp3) is 1.00. The summed E-state index contributed by atoms with van der Waals surface area (Å²) >= 11 is 0. The molecular formula is C15H32N2O2. The number of likely N-dealkylation sites (tertiary alicyclic amines) is 1. The van der Waals surface area contributed by atoms with Crippen LogP contribution in [0, 0.1) is 0 Å². The van der Waals surface area contributed by atoms with Gasteiger partial charge < -0.3 is 15.2 Å². The van der Waals surface area contributed by atoms with Gasteiger partial charge in [0.25, 0.3) is 0 Å². The van der Waals surface area contributed by atoms with E-state index in [0.29, 0.717) is 6.04 Å². The summed E-state index contributed by atoms with van der Waals surface area (Å²) in [5.41, 5.74) is -0.199. The second-order valence-electron chi connectivity index (χ2n) is 6.53. The van der Waals surface area contributed by atoms with Crippen molar-refractivity contribution < 1.29 is 9.84 Å². The van der Waals surface area contributed by atoms with Crippen molar-refractivity contribution in [2.75, 3.05) is 33.4 Å². The fourth-order valence-corrected chi connectivity index (χ4v) is 3.19. The van der Waals surface area contributed by atoms with Gasteiger partial charge in [0.05, 0.1) is 12.2 Å². The predicted octanol–water partition coefficient (Wildman–Crippen LogP) is 1.63. The third kappa shape index (κ3) is 4.71. The summed E-state index contributed by atoms with van der Waals surface area (Å²) in [5, 5.41) is 13.0. The van der Waals surface area contributed by atoms with Gasteiger partial charge in [-0.25, -0.2) is 0 Å². The van der Waals surface area contributed by atoms with Crippen molar-refractivity contribution in [1.82, 2.24) is 10.2 Å². The minimum absolute atomic E-state index is 0.0136. The third-order valence-corrected chi connectivity index (χ3v) is 4.50. The minimum Gasteiger partial charge on any atom is -0.394 e. The van der Waals surface area contributed by atoms with Gasteiger partial charge in [-0.15, -0.1) is 0 Å². The van der Waals surface area contributed by atoms with Gasteiger partial charge in [-0.2, -0.15) is 0 Å². The molecule has 0 saturated carbocycles. The van der Waals surface area contributed by atoms with Crippen LogP contribution < -0.4 is 5.32 Å². The molecule has 0 radical (unpaired) electrons. The number of piperidine rings is 1. The highest BCUT2D eigenvalue weighted by Gasteiger charge is 2.35. The lowest BCUT2D eigenvalue weighted by atomic mass is 9.89. The summed E-state index contributed by atoms with van der Waals surface area (Å²) in [6, 6.07) is 0.450. The number of nitrogens with one attached hydrogen (secondary N) is 1. The Morgan fingerprint density at radius 1 is 1.53 bits per heavy atom. The monoisotopic (exact) mass is 272 g/mol. The number of aliphatic hydroxyl groups excluding tert-OH is 1. The Hall–Kier alpha value is -0.160. The molecule has 2 N–H and O–H groups in total. The van der Waals surface area contributed by atoms with Gasteiger partial charge in [0.1, 0.15) is 0 Å². The molecule has 0 amide bonds. The number of aliphatic hydroxyl groups is 1. The molecular weight excluding hydrogens is 240 g/mol. The van der Waals surface area contributed by atoms with Crippen molar-refractivity contribution >= 4 is 0 Å². The normalized spacial score (nSPS) is 30.0. The minimum atomic E-state index is -0.185. The topological polar surface area (TPSA) is 44.7 Å². The first-order chi connectivity index (χ1) is 8.88. The van der Waals surface area contributed by atoms with Gasteiger partial charge in [0.2, 0.25) is 0 Å². The smallest absolute Gasteiger partial charge is 0.0777 e. The predicted molar refractivity (Wildman–Crippen MR) is 79.5 cm³/mol. The lowest BCUT2D eigenvalue weighted by molar-refractivity contribution is -0.0630. The van der Waals surface area contributed by atoms with Crippen LogP contribution in [0.2, 0.25) is 0 Å². The molecule has 0 aromatic rings. The molecule has 4 heteroatoms. The molecule has 1 heterocycles. The van der Waals surface area contributed by atoms with E-state index in [4.69, 9.17) is 4.74 Å². The maximum Gasteiger partial charge on any atom is 0.0777 e. The fourth-order valence-electron chi connectivity index (χ4n) is 3.19.